The Bertz CT molecular complexity index is 2250. The maximum Gasteiger partial charge on any atom is 0.471 e. The van der Waals surface area contributed by atoms with Crippen LogP contribution in [0.2, 0.25) is 0 Å². The molecule has 0 atom stereocenters. The topological polar surface area (TPSA) is 191 Å². The first kappa shape index (κ1) is 28.8. The number of benzene rings is 1. The molecular weight excluding hydrogens is 587 g/mol. The van der Waals surface area contributed by atoms with E-state index < -0.39 is 31.2 Å². The standard InChI is InChI=1S/C29H23N8O6P/c1-29(2,16-30)19-5-7-20(8-6-19)37-26-21(27(38)35(28(37)39)17-43-44(40,41)42)15-31-23-10-9-22(34-25(23)26)18-4-11-24(32-14-18)36-13-3-12-33-36/h3-15H,17H2,1-2H3,(H2,40,41,42). The van der Waals surface area contributed by atoms with Gasteiger partial charge in [0.15, 0.2) is 5.82 Å². The van der Waals surface area contributed by atoms with Gasteiger partial charge in [0.1, 0.15) is 12.2 Å². The Hall–Kier alpha value is -5.32. The Labute approximate surface area is 248 Å². The minimum Gasteiger partial charge on any atom is -0.303 e. The second kappa shape index (κ2) is 10.7. The maximum atomic E-state index is 13.9. The van der Waals surface area contributed by atoms with Crippen molar-refractivity contribution >= 4 is 29.8 Å². The summed E-state index contributed by atoms with van der Waals surface area (Å²) in [6.07, 6.45) is 6.30. The summed E-state index contributed by atoms with van der Waals surface area (Å²) in [7, 11) is -5.02. The Morgan fingerprint density at radius 1 is 1.02 bits per heavy atom. The number of hydrogen-bond donors (Lipinski definition) is 2. The third kappa shape index (κ3) is 5.21. The number of pyridine rings is 3. The molecule has 6 aromatic rings. The molecule has 220 valence electrons. The summed E-state index contributed by atoms with van der Waals surface area (Å²) in [6.45, 7) is 2.51. The molecule has 1 aromatic carbocycles. The Kier molecular flexibility index (Phi) is 7.03. The molecule has 5 aromatic heterocycles. The van der Waals surface area contributed by atoms with E-state index in [1.807, 2.05) is 6.07 Å². The lowest BCUT2D eigenvalue weighted by atomic mass is 9.86. The molecule has 0 aliphatic carbocycles. The van der Waals surface area contributed by atoms with Crippen LogP contribution in [0.4, 0.5) is 0 Å². The molecule has 0 amide bonds. The van der Waals surface area contributed by atoms with Crippen molar-refractivity contribution in [3.8, 4) is 28.8 Å². The molecule has 6 rings (SSSR count). The normalized spacial score (nSPS) is 12.1. The molecule has 0 unspecified atom stereocenters. The van der Waals surface area contributed by atoms with E-state index in [9.17, 15) is 29.2 Å². The lowest BCUT2D eigenvalue weighted by Gasteiger charge is -2.18. The largest absolute Gasteiger partial charge is 0.471 e. The highest BCUT2D eigenvalue weighted by Crippen LogP contribution is 2.36. The molecule has 0 spiro atoms. The summed E-state index contributed by atoms with van der Waals surface area (Å²) in [6, 6.07) is 17.6. The van der Waals surface area contributed by atoms with Gasteiger partial charge in [-0.25, -0.2) is 28.6 Å². The van der Waals surface area contributed by atoms with Crippen LogP contribution in [0.15, 0.2) is 89.0 Å². The quantitative estimate of drug-likeness (QED) is 0.199. The zero-order valence-electron chi connectivity index (χ0n) is 23.3. The van der Waals surface area contributed by atoms with Gasteiger partial charge in [-0.05, 0) is 61.9 Å². The first-order valence-electron chi connectivity index (χ1n) is 13.1. The van der Waals surface area contributed by atoms with E-state index >= 15 is 0 Å². The third-order valence-corrected chi connectivity index (χ3v) is 7.52. The molecule has 5 heterocycles. The summed E-state index contributed by atoms with van der Waals surface area (Å²) in [5, 5.41) is 13.7. The van der Waals surface area contributed by atoms with Crippen molar-refractivity contribution in [2.24, 2.45) is 0 Å². The molecule has 44 heavy (non-hydrogen) atoms. The van der Waals surface area contributed by atoms with Gasteiger partial charge in [-0.2, -0.15) is 10.4 Å². The van der Waals surface area contributed by atoms with Crippen LogP contribution in [0, 0.1) is 11.3 Å². The number of aromatic nitrogens is 7. The summed E-state index contributed by atoms with van der Waals surface area (Å²) in [5.74, 6) is 0.599. The highest BCUT2D eigenvalue weighted by atomic mass is 31.2. The van der Waals surface area contributed by atoms with Gasteiger partial charge < -0.3 is 9.79 Å². The number of phosphoric ester groups is 1. The number of rotatable bonds is 7. The second-order valence-corrected chi connectivity index (χ2v) is 11.6. The van der Waals surface area contributed by atoms with E-state index in [0.29, 0.717) is 38.4 Å². The van der Waals surface area contributed by atoms with Crippen LogP contribution >= 0.6 is 7.82 Å². The van der Waals surface area contributed by atoms with Crippen LogP contribution in [0.3, 0.4) is 0 Å². The van der Waals surface area contributed by atoms with E-state index in [1.165, 1.54) is 10.8 Å². The number of fused-ring (bicyclic) bond motifs is 3. The van der Waals surface area contributed by atoms with Crippen molar-refractivity contribution in [2.75, 3.05) is 0 Å². The monoisotopic (exact) mass is 610 g/mol. The minimum atomic E-state index is -5.02. The summed E-state index contributed by atoms with van der Waals surface area (Å²) in [5.41, 5.74) is 0.298. The van der Waals surface area contributed by atoms with Crippen molar-refractivity contribution in [3.63, 3.8) is 0 Å². The van der Waals surface area contributed by atoms with E-state index in [-0.39, 0.29) is 16.4 Å². The molecule has 2 N–H and O–H groups in total. The van der Waals surface area contributed by atoms with Crippen molar-refractivity contribution in [2.45, 2.75) is 26.0 Å². The van der Waals surface area contributed by atoms with Gasteiger partial charge in [0.05, 0.1) is 39.3 Å². The SMILES string of the molecule is CC(C)(C#N)c1ccc(-n2c(=O)n(COP(=O)(O)O)c(=O)c3cnc4ccc(-c5ccc(-n6cccn6)nc5)nc4c32)cc1. The molecule has 0 saturated carbocycles. The molecule has 0 aliphatic rings. The van der Waals surface area contributed by atoms with Crippen LogP contribution in [0.5, 0.6) is 0 Å². The molecule has 15 heteroatoms. The summed E-state index contributed by atoms with van der Waals surface area (Å²) >= 11 is 0. The lowest BCUT2D eigenvalue weighted by molar-refractivity contribution is 0.148. The van der Waals surface area contributed by atoms with E-state index in [1.54, 1.807) is 85.7 Å². The predicted octanol–water partition coefficient (Wildman–Crippen LogP) is 3.21. The van der Waals surface area contributed by atoms with Gasteiger partial charge >= 0.3 is 13.5 Å². The minimum absolute atomic E-state index is 0.0374. The van der Waals surface area contributed by atoms with Crippen LogP contribution < -0.4 is 11.2 Å². The van der Waals surface area contributed by atoms with Crippen LogP contribution in [-0.4, -0.2) is 43.7 Å². The van der Waals surface area contributed by atoms with E-state index in [4.69, 9.17) is 4.98 Å². The fourth-order valence-corrected chi connectivity index (χ4v) is 4.97. The van der Waals surface area contributed by atoms with Gasteiger partial charge in [0.2, 0.25) is 0 Å². The number of nitrogens with zero attached hydrogens (tertiary/aromatic N) is 8. The van der Waals surface area contributed by atoms with Crippen LogP contribution in [-0.2, 0) is 21.2 Å². The summed E-state index contributed by atoms with van der Waals surface area (Å²) in [4.78, 5) is 59.5. The summed E-state index contributed by atoms with van der Waals surface area (Å²) < 4.78 is 19.4. The first-order chi connectivity index (χ1) is 21.0. The number of phosphoric acid groups is 1. The van der Waals surface area contributed by atoms with Crippen molar-refractivity contribution in [1.29, 1.82) is 5.26 Å². The highest BCUT2D eigenvalue weighted by molar-refractivity contribution is 7.46. The Morgan fingerprint density at radius 2 is 1.80 bits per heavy atom. The third-order valence-electron chi connectivity index (χ3n) is 7.07. The molecule has 0 radical (unpaired) electrons. The smallest absolute Gasteiger partial charge is 0.303 e. The molecule has 0 bridgehead atoms. The van der Waals surface area contributed by atoms with Crippen LogP contribution in [0.1, 0.15) is 19.4 Å². The molecule has 0 saturated heterocycles. The molecule has 0 fully saturated rings. The van der Waals surface area contributed by atoms with Crippen molar-refractivity contribution in [1.82, 2.24) is 33.9 Å². The number of nitriles is 1. The zero-order chi connectivity index (χ0) is 31.2. The predicted molar refractivity (Wildman–Crippen MR) is 159 cm³/mol. The average molecular weight is 611 g/mol. The molecule has 14 nitrogen and oxygen atoms in total. The Balaban J connectivity index is 1.60. The van der Waals surface area contributed by atoms with Crippen molar-refractivity contribution < 1.29 is 18.9 Å². The van der Waals surface area contributed by atoms with Crippen molar-refractivity contribution in [3.05, 3.63) is 106 Å². The van der Waals surface area contributed by atoms with Gasteiger partial charge in [0, 0.05) is 30.4 Å². The van der Waals surface area contributed by atoms with Gasteiger partial charge in [-0.1, -0.05) is 12.1 Å². The second-order valence-electron chi connectivity index (χ2n) is 10.3. The first-order valence-corrected chi connectivity index (χ1v) is 14.6. The van der Waals surface area contributed by atoms with Gasteiger partial charge in [0.25, 0.3) is 5.56 Å². The molecular formula is C29H23N8O6P. The van der Waals surface area contributed by atoms with Gasteiger partial charge in [-0.3, -0.25) is 18.9 Å². The fourth-order valence-electron chi connectivity index (χ4n) is 4.70. The zero-order valence-corrected chi connectivity index (χ0v) is 24.2. The van der Waals surface area contributed by atoms with E-state index in [2.05, 4.69) is 25.7 Å². The molecule has 0 aliphatic heterocycles. The maximum absolute atomic E-state index is 13.9. The Morgan fingerprint density at radius 3 is 2.43 bits per heavy atom. The highest BCUT2D eigenvalue weighted by Gasteiger charge is 2.23. The lowest BCUT2D eigenvalue weighted by Crippen LogP contribution is -2.40. The fraction of sp³-hybridized carbons (Fsp3) is 0.138. The van der Waals surface area contributed by atoms with Crippen LogP contribution in [0.25, 0.3) is 44.7 Å². The van der Waals surface area contributed by atoms with Gasteiger partial charge in [-0.15, -0.1) is 0 Å². The number of hydrogen-bond acceptors (Lipinski definition) is 9. The van der Waals surface area contributed by atoms with E-state index in [0.717, 1.165) is 0 Å². The average Bonchev–Trinajstić information content (AvgIpc) is 3.56.